The van der Waals surface area contributed by atoms with E-state index >= 15 is 0 Å². The first-order chi connectivity index (χ1) is 9.02. The van der Waals surface area contributed by atoms with Crippen molar-refractivity contribution in [1.82, 2.24) is 5.43 Å². The molecule has 2 rings (SSSR count). The van der Waals surface area contributed by atoms with Crippen molar-refractivity contribution in [1.29, 1.82) is 0 Å². The van der Waals surface area contributed by atoms with Gasteiger partial charge in [0.25, 0.3) is 0 Å². The van der Waals surface area contributed by atoms with Gasteiger partial charge >= 0.3 is 0 Å². The highest BCUT2D eigenvalue weighted by molar-refractivity contribution is 6.30. The van der Waals surface area contributed by atoms with Crippen molar-refractivity contribution in [3.8, 4) is 0 Å². The predicted molar refractivity (Wildman–Crippen MR) is 76.5 cm³/mol. The van der Waals surface area contributed by atoms with E-state index in [0.717, 1.165) is 16.7 Å². The normalized spacial score (nSPS) is 12.5. The average Bonchev–Trinajstić information content (AvgIpc) is 2.36. The number of halogens is 2. The standard InChI is InChI=1S/C15H16ClFN2/c1-9-3-6-14(17)13(7-9)15(19-18)12-5-4-11(16)8-10(12)2/h3-8,15,19H,18H2,1-2H3. The molecule has 1 atom stereocenters. The maximum Gasteiger partial charge on any atom is 0.128 e. The molecule has 0 heterocycles. The maximum absolute atomic E-state index is 14.0. The minimum absolute atomic E-state index is 0.275. The molecule has 0 aliphatic carbocycles. The molecule has 0 saturated heterocycles. The first-order valence-corrected chi connectivity index (χ1v) is 6.39. The number of nitrogens with one attached hydrogen (secondary N) is 1. The minimum Gasteiger partial charge on any atom is -0.271 e. The van der Waals surface area contributed by atoms with Gasteiger partial charge in [-0.25, -0.2) is 9.82 Å². The number of rotatable bonds is 3. The molecule has 0 aliphatic heterocycles. The monoisotopic (exact) mass is 278 g/mol. The van der Waals surface area contributed by atoms with Crippen molar-refractivity contribution in [2.24, 2.45) is 5.84 Å². The Morgan fingerprint density at radius 1 is 1.11 bits per heavy atom. The Morgan fingerprint density at radius 2 is 1.84 bits per heavy atom. The van der Waals surface area contributed by atoms with Crippen LogP contribution < -0.4 is 11.3 Å². The van der Waals surface area contributed by atoms with Crippen LogP contribution in [0.1, 0.15) is 28.3 Å². The lowest BCUT2D eigenvalue weighted by Crippen LogP contribution is -2.30. The third-order valence-electron chi connectivity index (χ3n) is 3.17. The van der Waals surface area contributed by atoms with Gasteiger partial charge in [-0.05, 0) is 43.2 Å². The first kappa shape index (κ1) is 14.0. The summed E-state index contributed by atoms with van der Waals surface area (Å²) in [7, 11) is 0. The minimum atomic E-state index is -0.392. The van der Waals surface area contributed by atoms with Gasteiger partial charge in [0.05, 0.1) is 6.04 Å². The maximum atomic E-state index is 14.0. The number of hydrogen-bond donors (Lipinski definition) is 2. The number of benzene rings is 2. The molecule has 3 N–H and O–H groups in total. The van der Waals surface area contributed by atoms with Crippen LogP contribution in [0.25, 0.3) is 0 Å². The van der Waals surface area contributed by atoms with E-state index in [1.807, 2.05) is 26.0 Å². The molecule has 0 amide bonds. The van der Waals surface area contributed by atoms with Crippen molar-refractivity contribution >= 4 is 11.6 Å². The highest BCUT2D eigenvalue weighted by Gasteiger charge is 2.18. The molecule has 0 aliphatic rings. The SMILES string of the molecule is Cc1ccc(F)c(C(NN)c2ccc(Cl)cc2C)c1. The van der Waals surface area contributed by atoms with Crippen LogP contribution in [0, 0.1) is 19.7 Å². The zero-order chi connectivity index (χ0) is 14.0. The molecule has 0 spiro atoms. The van der Waals surface area contributed by atoms with Gasteiger partial charge in [0.1, 0.15) is 5.82 Å². The molecule has 0 bridgehead atoms. The quantitative estimate of drug-likeness (QED) is 0.664. The second-order valence-electron chi connectivity index (χ2n) is 4.63. The summed E-state index contributed by atoms with van der Waals surface area (Å²) in [6, 6.07) is 10.1. The van der Waals surface area contributed by atoms with Crippen LogP contribution in [0.2, 0.25) is 5.02 Å². The molecule has 0 saturated carbocycles. The van der Waals surface area contributed by atoms with Crippen molar-refractivity contribution < 1.29 is 4.39 Å². The molecule has 1 unspecified atom stereocenters. The Bertz CT molecular complexity index is 599. The van der Waals surface area contributed by atoms with E-state index in [1.165, 1.54) is 6.07 Å². The second kappa shape index (κ2) is 5.70. The summed E-state index contributed by atoms with van der Waals surface area (Å²) >= 11 is 5.94. The van der Waals surface area contributed by atoms with Crippen molar-refractivity contribution in [3.63, 3.8) is 0 Å². The van der Waals surface area contributed by atoms with E-state index in [1.54, 1.807) is 18.2 Å². The molecule has 0 radical (unpaired) electrons. The van der Waals surface area contributed by atoms with E-state index in [0.29, 0.717) is 10.6 Å². The van der Waals surface area contributed by atoms with Gasteiger partial charge < -0.3 is 0 Å². The van der Waals surface area contributed by atoms with Gasteiger partial charge in [-0.1, -0.05) is 35.4 Å². The number of hydrogen-bond acceptors (Lipinski definition) is 2. The Kier molecular flexibility index (Phi) is 4.20. The van der Waals surface area contributed by atoms with Gasteiger partial charge in [0.15, 0.2) is 0 Å². The molecule has 19 heavy (non-hydrogen) atoms. The molecule has 2 nitrogen and oxygen atoms in total. The predicted octanol–water partition coefficient (Wildman–Crippen LogP) is 3.65. The fourth-order valence-electron chi connectivity index (χ4n) is 2.19. The van der Waals surface area contributed by atoms with Crippen molar-refractivity contribution in [2.45, 2.75) is 19.9 Å². The summed E-state index contributed by atoms with van der Waals surface area (Å²) in [6.45, 7) is 3.85. The van der Waals surface area contributed by atoms with Gasteiger partial charge in [0, 0.05) is 10.6 Å². The van der Waals surface area contributed by atoms with Gasteiger partial charge in [-0.15, -0.1) is 0 Å². The molecule has 2 aromatic carbocycles. The Hall–Kier alpha value is -1.42. The van der Waals surface area contributed by atoms with Gasteiger partial charge in [0.2, 0.25) is 0 Å². The first-order valence-electron chi connectivity index (χ1n) is 6.01. The summed E-state index contributed by atoms with van der Waals surface area (Å²) in [4.78, 5) is 0. The Labute approximate surface area is 117 Å². The Balaban J connectivity index is 2.52. The highest BCUT2D eigenvalue weighted by atomic mass is 35.5. The molecular weight excluding hydrogens is 263 g/mol. The number of nitrogens with two attached hydrogens (primary N) is 1. The van der Waals surface area contributed by atoms with Crippen molar-refractivity contribution in [3.05, 3.63) is 69.5 Å². The van der Waals surface area contributed by atoms with Crippen LogP contribution in [0.3, 0.4) is 0 Å². The number of aryl methyl sites for hydroxylation is 2. The fraction of sp³-hybridized carbons (Fsp3) is 0.200. The molecule has 2 aromatic rings. The third kappa shape index (κ3) is 2.95. The fourth-order valence-corrected chi connectivity index (χ4v) is 2.42. The third-order valence-corrected chi connectivity index (χ3v) is 3.41. The lowest BCUT2D eigenvalue weighted by Gasteiger charge is -2.20. The van der Waals surface area contributed by atoms with Crippen LogP contribution in [0.15, 0.2) is 36.4 Å². The van der Waals surface area contributed by atoms with Crippen molar-refractivity contribution in [2.75, 3.05) is 0 Å². The number of hydrazine groups is 1. The highest BCUT2D eigenvalue weighted by Crippen LogP contribution is 2.28. The molecule has 0 fully saturated rings. The topological polar surface area (TPSA) is 38.0 Å². The van der Waals surface area contributed by atoms with E-state index < -0.39 is 6.04 Å². The van der Waals surface area contributed by atoms with E-state index in [-0.39, 0.29) is 5.82 Å². The molecule has 100 valence electrons. The van der Waals surface area contributed by atoms with Crippen LogP contribution in [0.5, 0.6) is 0 Å². The van der Waals surface area contributed by atoms with Crippen LogP contribution in [-0.4, -0.2) is 0 Å². The average molecular weight is 279 g/mol. The lowest BCUT2D eigenvalue weighted by atomic mass is 9.94. The van der Waals surface area contributed by atoms with E-state index in [2.05, 4.69) is 5.43 Å². The van der Waals surface area contributed by atoms with E-state index in [4.69, 9.17) is 17.4 Å². The van der Waals surface area contributed by atoms with Crippen LogP contribution in [0.4, 0.5) is 4.39 Å². The van der Waals surface area contributed by atoms with E-state index in [9.17, 15) is 4.39 Å². The molecular formula is C15H16ClFN2. The summed E-state index contributed by atoms with van der Waals surface area (Å²) < 4.78 is 14.0. The second-order valence-corrected chi connectivity index (χ2v) is 5.06. The van der Waals surface area contributed by atoms with Crippen LogP contribution in [-0.2, 0) is 0 Å². The zero-order valence-electron chi connectivity index (χ0n) is 10.9. The molecule has 4 heteroatoms. The van der Waals surface area contributed by atoms with Gasteiger partial charge in [-0.2, -0.15) is 0 Å². The smallest absolute Gasteiger partial charge is 0.128 e. The summed E-state index contributed by atoms with van der Waals surface area (Å²) in [5.41, 5.74) is 6.09. The summed E-state index contributed by atoms with van der Waals surface area (Å²) in [6.07, 6.45) is 0. The van der Waals surface area contributed by atoms with Crippen LogP contribution >= 0.6 is 11.6 Å². The van der Waals surface area contributed by atoms with Gasteiger partial charge in [-0.3, -0.25) is 5.84 Å². The molecule has 0 aromatic heterocycles. The largest absolute Gasteiger partial charge is 0.271 e. The summed E-state index contributed by atoms with van der Waals surface area (Å²) in [5.74, 6) is 5.34. The zero-order valence-corrected chi connectivity index (χ0v) is 11.6. The Morgan fingerprint density at radius 3 is 2.47 bits per heavy atom. The lowest BCUT2D eigenvalue weighted by molar-refractivity contribution is 0.558. The summed E-state index contributed by atoms with van der Waals surface area (Å²) in [5, 5.41) is 0.654.